The summed E-state index contributed by atoms with van der Waals surface area (Å²) in [5, 5.41) is 2.78. The minimum absolute atomic E-state index is 0.288. The Morgan fingerprint density at radius 3 is 2.38 bits per heavy atom. The molecule has 2 nitrogen and oxygen atoms in total. The van der Waals surface area contributed by atoms with Crippen molar-refractivity contribution in [2.24, 2.45) is 11.8 Å². The van der Waals surface area contributed by atoms with Crippen LogP contribution in [0.2, 0.25) is 0 Å². The molecule has 3 atom stereocenters. The first kappa shape index (κ1) is 8.97. The normalized spacial score (nSPS) is 37.0. The lowest BCUT2D eigenvalue weighted by Gasteiger charge is -2.14. The highest BCUT2D eigenvalue weighted by molar-refractivity contribution is 5.84. The third-order valence-electron chi connectivity index (χ3n) is 3.24. The molecule has 0 aromatic heterocycles. The minimum Gasteiger partial charge on any atom is -0.350 e. The Morgan fingerprint density at radius 2 is 1.92 bits per heavy atom. The van der Waals surface area contributed by atoms with Gasteiger partial charge in [-0.1, -0.05) is 6.42 Å². The van der Waals surface area contributed by atoms with Crippen LogP contribution >= 0.6 is 0 Å². The van der Waals surface area contributed by atoms with Gasteiger partial charge in [0.2, 0.25) is 0 Å². The molecule has 2 rings (SSSR count). The summed E-state index contributed by atoms with van der Waals surface area (Å²) in [6.45, 7) is 2.61. The molecule has 2 fully saturated rings. The van der Waals surface area contributed by atoms with E-state index in [1.54, 1.807) is 0 Å². The van der Waals surface area contributed by atoms with E-state index in [0.29, 0.717) is 11.8 Å². The van der Waals surface area contributed by atoms with Gasteiger partial charge in [-0.15, -0.1) is 0 Å². The van der Waals surface area contributed by atoms with Crippen molar-refractivity contribution in [1.29, 1.82) is 0 Å². The molecule has 1 N–H and O–H groups in total. The lowest BCUT2D eigenvalue weighted by molar-refractivity contribution is -0.131. The molecule has 0 heterocycles. The van der Waals surface area contributed by atoms with Crippen LogP contribution in [0.5, 0.6) is 0 Å². The molecule has 0 aliphatic heterocycles. The van der Waals surface area contributed by atoms with Gasteiger partial charge in [-0.2, -0.15) is 0 Å². The van der Waals surface area contributed by atoms with Crippen molar-refractivity contribution >= 4 is 5.91 Å². The molecule has 0 spiro atoms. The maximum absolute atomic E-state index is 13.1. The highest BCUT2D eigenvalue weighted by atomic mass is 19.1. The zero-order chi connectivity index (χ0) is 9.64. The number of hydrogen-bond donors (Lipinski definition) is 1. The van der Waals surface area contributed by atoms with Crippen molar-refractivity contribution in [3.8, 4) is 0 Å². The SMILES string of the molecule is CC(C)(F)C(=O)NC1[C@H]2CCC[C@@H]12. The number of rotatable bonds is 2. The van der Waals surface area contributed by atoms with Gasteiger partial charge >= 0.3 is 0 Å². The number of carbonyl (C=O) groups is 1. The molecular weight excluding hydrogens is 169 g/mol. The summed E-state index contributed by atoms with van der Waals surface area (Å²) in [4.78, 5) is 11.3. The largest absolute Gasteiger partial charge is 0.350 e. The predicted octanol–water partition coefficient (Wildman–Crippen LogP) is 1.65. The van der Waals surface area contributed by atoms with Gasteiger partial charge in [0.1, 0.15) is 0 Å². The summed E-state index contributed by atoms with van der Waals surface area (Å²) in [6.07, 6.45) is 3.70. The third kappa shape index (κ3) is 1.56. The predicted molar refractivity (Wildman–Crippen MR) is 47.9 cm³/mol. The molecule has 3 heteroatoms. The van der Waals surface area contributed by atoms with Crippen molar-refractivity contribution in [1.82, 2.24) is 5.32 Å². The lowest BCUT2D eigenvalue weighted by atomic mass is 10.1. The molecule has 13 heavy (non-hydrogen) atoms. The van der Waals surface area contributed by atoms with E-state index in [-0.39, 0.29) is 6.04 Å². The van der Waals surface area contributed by atoms with E-state index in [1.165, 1.54) is 33.1 Å². The lowest BCUT2D eigenvalue weighted by Crippen LogP contribution is -2.41. The van der Waals surface area contributed by atoms with Crippen LogP contribution < -0.4 is 5.32 Å². The minimum atomic E-state index is -1.73. The van der Waals surface area contributed by atoms with Crippen LogP contribution in [0, 0.1) is 11.8 Å². The first-order valence-corrected chi connectivity index (χ1v) is 5.00. The van der Waals surface area contributed by atoms with E-state index in [2.05, 4.69) is 5.32 Å². The Kier molecular flexibility index (Phi) is 1.86. The van der Waals surface area contributed by atoms with Crippen molar-refractivity contribution < 1.29 is 9.18 Å². The maximum atomic E-state index is 13.1. The number of hydrogen-bond acceptors (Lipinski definition) is 1. The fourth-order valence-corrected chi connectivity index (χ4v) is 2.36. The zero-order valence-electron chi connectivity index (χ0n) is 8.14. The molecule has 2 saturated carbocycles. The molecule has 0 radical (unpaired) electrons. The van der Waals surface area contributed by atoms with Gasteiger partial charge in [-0.3, -0.25) is 4.79 Å². The molecular formula is C10H16FNO. The van der Waals surface area contributed by atoms with Gasteiger partial charge in [-0.05, 0) is 38.5 Å². The number of fused-ring (bicyclic) bond motifs is 1. The smallest absolute Gasteiger partial charge is 0.257 e. The van der Waals surface area contributed by atoms with Gasteiger partial charge in [0.25, 0.3) is 5.91 Å². The summed E-state index contributed by atoms with van der Waals surface area (Å²) < 4.78 is 13.1. The second-order valence-electron chi connectivity index (χ2n) is 4.73. The van der Waals surface area contributed by atoms with Crippen molar-refractivity contribution in [2.45, 2.75) is 44.8 Å². The van der Waals surface area contributed by atoms with Crippen molar-refractivity contribution in [2.75, 3.05) is 0 Å². The molecule has 0 aromatic carbocycles. The summed E-state index contributed by atoms with van der Waals surface area (Å²) >= 11 is 0. The fraction of sp³-hybridized carbons (Fsp3) is 0.900. The Balaban J connectivity index is 1.84. The fourth-order valence-electron chi connectivity index (χ4n) is 2.36. The molecule has 1 unspecified atom stereocenters. The highest BCUT2D eigenvalue weighted by Crippen LogP contribution is 2.51. The molecule has 74 valence electrons. The van der Waals surface area contributed by atoms with Crippen LogP contribution in [-0.2, 0) is 4.79 Å². The standard InChI is InChI=1S/C10H16FNO/c1-10(2,11)9(13)12-8-6-4-3-5-7(6)8/h6-8H,3-5H2,1-2H3,(H,12,13)/t6-,7+,8?. The zero-order valence-corrected chi connectivity index (χ0v) is 8.14. The highest BCUT2D eigenvalue weighted by Gasteiger charge is 2.54. The maximum Gasteiger partial charge on any atom is 0.257 e. The topological polar surface area (TPSA) is 29.1 Å². The molecule has 0 saturated heterocycles. The average Bonchev–Trinajstić information content (AvgIpc) is 2.47. The number of alkyl halides is 1. The molecule has 2 aliphatic carbocycles. The monoisotopic (exact) mass is 185 g/mol. The quantitative estimate of drug-likeness (QED) is 0.696. The van der Waals surface area contributed by atoms with Crippen LogP contribution in [0.15, 0.2) is 0 Å². The van der Waals surface area contributed by atoms with Gasteiger partial charge in [0.15, 0.2) is 5.67 Å². The van der Waals surface area contributed by atoms with E-state index in [4.69, 9.17) is 0 Å². The summed E-state index contributed by atoms with van der Waals surface area (Å²) in [6, 6.07) is 0.288. The van der Waals surface area contributed by atoms with Crippen LogP contribution in [-0.4, -0.2) is 17.6 Å². The summed E-state index contributed by atoms with van der Waals surface area (Å²) in [7, 11) is 0. The molecule has 0 aromatic rings. The number of amides is 1. The van der Waals surface area contributed by atoms with E-state index >= 15 is 0 Å². The molecule has 2 aliphatic rings. The first-order valence-electron chi connectivity index (χ1n) is 5.00. The van der Waals surface area contributed by atoms with Crippen molar-refractivity contribution in [3.05, 3.63) is 0 Å². The van der Waals surface area contributed by atoms with Crippen molar-refractivity contribution in [3.63, 3.8) is 0 Å². The number of halogens is 1. The summed E-state index contributed by atoms with van der Waals surface area (Å²) in [5.74, 6) is 0.865. The van der Waals surface area contributed by atoms with Crippen LogP contribution in [0.3, 0.4) is 0 Å². The molecule has 0 bridgehead atoms. The first-order chi connectivity index (χ1) is 6.00. The number of nitrogens with one attached hydrogen (secondary N) is 1. The second kappa shape index (κ2) is 2.69. The third-order valence-corrected chi connectivity index (χ3v) is 3.24. The average molecular weight is 185 g/mol. The van der Waals surface area contributed by atoms with Gasteiger partial charge in [0.05, 0.1) is 0 Å². The Labute approximate surface area is 77.9 Å². The van der Waals surface area contributed by atoms with Gasteiger partial charge in [0, 0.05) is 6.04 Å². The molecule has 1 amide bonds. The second-order valence-corrected chi connectivity index (χ2v) is 4.73. The van der Waals surface area contributed by atoms with E-state index in [0.717, 1.165) is 0 Å². The van der Waals surface area contributed by atoms with Crippen LogP contribution in [0.4, 0.5) is 4.39 Å². The van der Waals surface area contributed by atoms with Crippen LogP contribution in [0.25, 0.3) is 0 Å². The number of carbonyl (C=O) groups excluding carboxylic acids is 1. The van der Waals surface area contributed by atoms with Gasteiger partial charge < -0.3 is 5.32 Å². The van der Waals surface area contributed by atoms with E-state index in [1.807, 2.05) is 0 Å². The van der Waals surface area contributed by atoms with E-state index < -0.39 is 11.6 Å². The Hall–Kier alpha value is -0.600. The van der Waals surface area contributed by atoms with Gasteiger partial charge in [-0.25, -0.2) is 4.39 Å². The Bertz CT molecular complexity index is 224. The van der Waals surface area contributed by atoms with Crippen LogP contribution in [0.1, 0.15) is 33.1 Å². The van der Waals surface area contributed by atoms with E-state index in [9.17, 15) is 9.18 Å². The summed E-state index contributed by atoms with van der Waals surface area (Å²) in [5.41, 5.74) is -1.73. The Morgan fingerprint density at radius 1 is 1.38 bits per heavy atom.